The van der Waals surface area contributed by atoms with Gasteiger partial charge in [-0.15, -0.1) is 0 Å². The van der Waals surface area contributed by atoms with Crippen LogP contribution in [0.25, 0.3) is 0 Å². The summed E-state index contributed by atoms with van der Waals surface area (Å²) in [6, 6.07) is 5.37. The van der Waals surface area contributed by atoms with Gasteiger partial charge in [0, 0.05) is 12.3 Å². The molecular weight excluding hydrogens is 227 g/mol. The summed E-state index contributed by atoms with van der Waals surface area (Å²) in [5.74, 6) is 0.559. The number of carbonyl (C=O) groups excluding carboxylic acids is 1. The Morgan fingerprint density at radius 2 is 2.11 bits per heavy atom. The van der Waals surface area contributed by atoms with Gasteiger partial charge in [0.05, 0.1) is 0 Å². The minimum atomic E-state index is -0.0714. The summed E-state index contributed by atoms with van der Waals surface area (Å²) in [6.07, 6.45) is 5.48. The van der Waals surface area contributed by atoms with E-state index in [-0.39, 0.29) is 17.2 Å². The molecule has 2 atom stereocenters. The summed E-state index contributed by atoms with van der Waals surface area (Å²) >= 11 is 0. The summed E-state index contributed by atoms with van der Waals surface area (Å²) in [5, 5.41) is 0. The molecule has 1 saturated carbocycles. The molecule has 18 heavy (non-hydrogen) atoms. The van der Waals surface area contributed by atoms with Crippen molar-refractivity contribution >= 4 is 5.78 Å². The fraction of sp³-hybridized carbons (Fsp3) is 0.562. The Balaban J connectivity index is 1.89. The summed E-state index contributed by atoms with van der Waals surface area (Å²) in [6.45, 7) is 2.03. The van der Waals surface area contributed by atoms with Crippen LogP contribution in [0.2, 0.25) is 0 Å². The van der Waals surface area contributed by atoms with Crippen molar-refractivity contribution in [3.63, 3.8) is 0 Å². The molecule has 0 N–H and O–H groups in total. The van der Waals surface area contributed by atoms with E-state index in [1.54, 1.807) is 12.1 Å². The van der Waals surface area contributed by atoms with Crippen molar-refractivity contribution < 1.29 is 9.18 Å². The van der Waals surface area contributed by atoms with Crippen molar-refractivity contribution in [2.75, 3.05) is 0 Å². The van der Waals surface area contributed by atoms with Crippen molar-refractivity contribution in [2.45, 2.75) is 45.4 Å². The molecule has 3 rings (SSSR count). The molecule has 1 aromatic carbocycles. The van der Waals surface area contributed by atoms with E-state index in [2.05, 4.69) is 0 Å². The molecule has 2 aliphatic carbocycles. The Morgan fingerprint density at radius 3 is 2.89 bits per heavy atom. The van der Waals surface area contributed by atoms with Gasteiger partial charge in [-0.25, -0.2) is 4.39 Å². The van der Waals surface area contributed by atoms with E-state index in [0.29, 0.717) is 12.2 Å². The van der Waals surface area contributed by atoms with Crippen LogP contribution in [-0.4, -0.2) is 5.78 Å². The topological polar surface area (TPSA) is 17.1 Å². The minimum absolute atomic E-state index is 0.0714. The van der Waals surface area contributed by atoms with Crippen LogP contribution in [0.3, 0.4) is 0 Å². The number of benzene rings is 1. The van der Waals surface area contributed by atoms with E-state index in [4.69, 9.17) is 0 Å². The summed E-state index contributed by atoms with van der Waals surface area (Å²) < 4.78 is 13.7. The zero-order valence-electron chi connectivity index (χ0n) is 10.8. The first kappa shape index (κ1) is 11.9. The van der Waals surface area contributed by atoms with Crippen LogP contribution in [0.1, 0.15) is 43.7 Å². The van der Waals surface area contributed by atoms with E-state index < -0.39 is 0 Å². The van der Waals surface area contributed by atoms with Gasteiger partial charge >= 0.3 is 0 Å². The number of rotatable bonds is 0. The van der Waals surface area contributed by atoms with Gasteiger partial charge in [0.2, 0.25) is 0 Å². The van der Waals surface area contributed by atoms with Crippen molar-refractivity contribution in [1.29, 1.82) is 0 Å². The van der Waals surface area contributed by atoms with Crippen LogP contribution < -0.4 is 0 Å². The van der Waals surface area contributed by atoms with Crippen molar-refractivity contribution in [1.82, 2.24) is 0 Å². The lowest BCUT2D eigenvalue weighted by Crippen LogP contribution is -2.37. The second kappa shape index (κ2) is 4.18. The minimum Gasteiger partial charge on any atom is -0.299 e. The molecule has 0 aromatic heterocycles. The van der Waals surface area contributed by atoms with Gasteiger partial charge in [0.1, 0.15) is 11.6 Å². The summed E-state index contributed by atoms with van der Waals surface area (Å²) in [4.78, 5) is 12.0. The lowest BCUT2D eigenvalue weighted by Gasteiger charge is -2.42. The number of ketones is 1. The number of hydrogen-bond donors (Lipinski definition) is 0. The number of carbonyl (C=O) groups is 1. The molecule has 0 aliphatic heterocycles. The van der Waals surface area contributed by atoms with Crippen LogP contribution in [0.15, 0.2) is 18.2 Å². The standard InChI is InChI=1S/C16H19FO/c1-11-5-7-16(10-15(11)18)8-6-13-12(9-16)3-2-4-14(13)17/h2-4,11H,5-10H2,1H3/t11?,16-/m1/s1. The molecule has 2 heteroatoms. The molecular formula is C16H19FO. The number of halogens is 1. The zero-order chi connectivity index (χ0) is 12.8. The second-order valence-electron chi connectivity index (χ2n) is 6.14. The third kappa shape index (κ3) is 1.88. The summed E-state index contributed by atoms with van der Waals surface area (Å²) in [5.41, 5.74) is 2.14. The molecule has 0 radical (unpaired) electrons. The summed E-state index contributed by atoms with van der Waals surface area (Å²) in [7, 11) is 0. The average molecular weight is 246 g/mol. The molecule has 1 fully saturated rings. The number of Topliss-reactive ketones (excluding diaryl/α,β-unsaturated/α-hetero) is 1. The highest BCUT2D eigenvalue weighted by molar-refractivity contribution is 5.82. The van der Waals surface area contributed by atoms with E-state index in [0.717, 1.165) is 43.2 Å². The van der Waals surface area contributed by atoms with E-state index in [1.807, 2.05) is 13.0 Å². The van der Waals surface area contributed by atoms with Crippen molar-refractivity contribution in [2.24, 2.45) is 11.3 Å². The molecule has 1 spiro atoms. The molecule has 1 aromatic rings. The largest absolute Gasteiger partial charge is 0.299 e. The maximum atomic E-state index is 13.7. The Hall–Kier alpha value is -1.18. The molecule has 1 nitrogen and oxygen atoms in total. The fourth-order valence-corrected chi connectivity index (χ4v) is 3.61. The van der Waals surface area contributed by atoms with Crippen LogP contribution in [0.5, 0.6) is 0 Å². The first-order chi connectivity index (χ1) is 8.60. The quantitative estimate of drug-likeness (QED) is 0.682. The average Bonchev–Trinajstić information content (AvgIpc) is 2.35. The van der Waals surface area contributed by atoms with E-state index >= 15 is 0 Å². The molecule has 1 unspecified atom stereocenters. The van der Waals surface area contributed by atoms with Crippen LogP contribution in [0.4, 0.5) is 4.39 Å². The molecule has 2 aliphatic rings. The normalized spacial score (nSPS) is 31.4. The Morgan fingerprint density at radius 1 is 1.28 bits per heavy atom. The van der Waals surface area contributed by atoms with Crippen LogP contribution in [-0.2, 0) is 17.6 Å². The zero-order valence-corrected chi connectivity index (χ0v) is 10.8. The Bertz CT molecular complexity index is 494. The third-order valence-corrected chi connectivity index (χ3v) is 4.89. The fourth-order valence-electron chi connectivity index (χ4n) is 3.61. The Labute approximate surface area is 107 Å². The maximum absolute atomic E-state index is 13.7. The first-order valence-corrected chi connectivity index (χ1v) is 6.89. The highest BCUT2D eigenvalue weighted by atomic mass is 19.1. The van der Waals surface area contributed by atoms with Crippen LogP contribution in [0, 0.1) is 17.2 Å². The van der Waals surface area contributed by atoms with Gasteiger partial charge in [-0.05, 0) is 54.7 Å². The van der Waals surface area contributed by atoms with Crippen LogP contribution >= 0.6 is 0 Å². The first-order valence-electron chi connectivity index (χ1n) is 6.89. The van der Waals surface area contributed by atoms with Gasteiger partial charge in [0.25, 0.3) is 0 Å². The van der Waals surface area contributed by atoms with E-state index in [9.17, 15) is 9.18 Å². The smallest absolute Gasteiger partial charge is 0.136 e. The predicted octanol–water partition coefficient (Wildman–Crippen LogP) is 3.69. The molecule has 0 bridgehead atoms. The van der Waals surface area contributed by atoms with Crippen molar-refractivity contribution in [3.05, 3.63) is 35.1 Å². The van der Waals surface area contributed by atoms with Gasteiger partial charge in [-0.3, -0.25) is 4.79 Å². The van der Waals surface area contributed by atoms with Gasteiger partial charge in [-0.1, -0.05) is 19.1 Å². The van der Waals surface area contributed by atoms with Gasteiger partial charge < -0.3 is 0 Å². The lowest BCUT2D eigenvalue weighted by molar-refractivity contribution is -0.128. The monoisotopic (exact) mass is 246 g/mol. The highest BCUT2D eigenvalue weighted by Gasteiger charge is 2.41. The van der Waals surface area contributed by atoms with Gasteiger partial charge in [0.15, 0.2) is 0 Å². The second-order valence-corrected chi connectivity index (χ2v) is 6.14. The highest BCUT2D eigenvalue weighted by Crippen LogP contribution is 2.46. The van der Waals surface area contributed by atoms with Gasteiger partial charge in [-0.2, -0.15) is 0 Å². The maximum Gasteiger partial charge on any atom is 0.136 e. The predicted molar refractivity (Wildman–Crippen MR) is 68.9 cm³/mol. The van der Waals surface area contributed by atoms with E-state index in [1.165, 1.54) is 0 Å². The third-order valence-electron chi connectivity index (χ3n) is 4.89. The molecule has 96 valence electrons. The SMILES string of the molecule is CC1CC[C@]2(CCc3c(F)cccc3C2)CC1=O. The number of fused-ring (bicyclic) bond motifs is 1. The molecule has 0 saturated heterocycles. The lowest BCUT2D eigenvalue weighted by atomic mass is 9.62. The van der Waals surface area contributed by atoms with Crippen molar-refractivity contribution in [3.8, 4) is 0 Å². The molecule has 0 heterocycles. The molecule has 0 amide bonds. The number of hydrogen-bond acceptors (Lipinski definition) is 1. The Kier molecular flexibility index (Phi) is 2.76.